The van der Waals surface area contributed by atoms with E-state index < -0.39 is 0 Å². The smallest absolute Gasteiger partial charge is 0.226 e. The Morgan fingerprint density at radius 3 is 3.12 bits per heavy atom. The van der Waals surface area contributed by atoms with Crippen LogP contribution in [0.4, 0.5) is 0 Å². The lowest BCUT2D eigenvalue weighted by molar-refractivity contribution is -0.126. The molecule has 1 atom stereocenters. The summed E-state index contributed by atoms with van der Waals surface area (Å²) in [7, 11) is 1.63. The minimum atomic E-state index is -0.168. The van der Waals surface area contributed by atoms with Crippen molar-refractivity contribution in [3.63, 3.8) is 0 Å². The van der Waals surface area contributed by atoms with E-state index in [1.54, 1.807) is 30.2 Å². The van der Waals surface area contributed by atoms with Gasteiger partial charge in [0.15, 0.2) is 4.34 Å². The van der Waals surface area contributed by atoms with Crippen molar-refractivity contribution < 1.29 is 14.3 Å². The first-order valence-corrected chi connectivity index (χ1v) is 9.46. The largest absolute Gasteiger partial charge is 0.497 e. The normalized spacial score (nSPS) is 16.2. The quantitative estimate of drug-likeness (QED) is 0.626. The number of nitrogens with one attached hydrogen (secondary N) is 1. The highest BCUT2D eigenvalue weighted by Crippen LogP contribution is 2.30. The van der Waals surface area contributed by atoms with E-state index >= 15 is 0 Å². The fraction of sp³-hybridized carbons (Fsp3) is 0.438. The van der Waals surface area contributed by atoms with E-state index in [4.69, 9.17) is 9.47 Å². The number of hydrogen-bond donors (Lipinski definition) is 1. The minimum Gasteiger partial charge on any atom is -0.497 e. The lowest BCUT2D eigenvalue weighted by atomic mass is 9.96. The van der Waals surface area contributed by atoms with E-state index in [0.29, 0.717) is 19.6 Å². The second-order valence-corrected chi connectivity index (χ2v) is 7.94. The summed E-state index contributed by atoms with van der Waals surface area (Å²) in [4.78, 5) is 12.3. The third-order valence-electron chi connectivity index (χ3n) is 3.68. The van der Waals surface area contributed by atoms with Crippen molar-refractivity contribution in [2.24, 2.45) is 5.92 Å². The first-order chi connectivity index (χ1) is 11.7. The number of nitrogens with zero attached hydrogens (tertiary/aromatic N) is 2. The van der Waals surface area contributed by atoms with Crippen LogP contribution in [-0.4, -0.2) is 42.1 Å². The van der Waals surface area contributed by atoms with Gasteiger partial charge in [-0.2, -0.15) is 0 Å². The molecule has 3 rings (SSSR count). The third-order valence-corrected chi connectivity index (χ3v) is 5.65. The van der Waals surface area contributed by atoms with Gasteiger partial charge in [0, 0.05) is 12.3 Å². The molecule has 2 aromatic rings. The van der Waals surface area contributed by atoms with Crippen molar-refractivity contribution in [3.8, 4) is 11.5 Å². The SMILES string of the molecule is COc1ccc2c(c1)C[C@@H](C(=O)NCCSc1nnc(C)s1)CO2. The molecular weight excluding hydrogens is 346 g/mol. The number of carbonyl (C=O) groups is 1. The van der Waals surface area contributed by atoms with Crippen LogP contribution in [0.15, 0.2) is 22.5 Å². The predicted octanol–water partition coefficient (Wildman–Crippen LogP) is 2.31. The summed E-state index contributed by atoms with van der Waals surface area (Å²) in [5, 5.41) is 12.0. The van der Waals surface area contributed by atoms with Crippen LogP contribution in [0.5, 0.6) is 11.5 Å². The molecular formula is C16H19N3O3S2. The van der Waals surface area contributed by atoms with Crippen molar-refractivity contribution in [3.05, 3.63) is 28.8 Å². The molecule has 8 heteroatoms. The summed E-state index contributed by atoms with van der Waals surface area (Å²) in [6.45, 7) is 2.94. The molecule has 0 radical (unpaired) electrons. The van der Waals surface area contributed by atoms with E-state index in [1.807, 2.05) is 25.1 Å². The number of benzene rings is 1. The van der Waals surface area contributed by atoms with Crippen LogP contribution in [0.1, 0.15) is 10.6 Å². The summed E-state index contributed by atoms with van der Waals surface area (Å²) in [6, 6.07) is 5.69. The molecule has 1 aliphatic rings. The van der Waals surface area contributed by atoms with Crippen LogP contribution < -0.4 is 14.8 Å². The van der Waals surface area contributed by atoms with Crippen molar-refractivity contribution >= 4 is 29.0 Å². The van der Waals surface area contributed by atoms with Crippen LogP contribution in [-0.2, 0) is 11.2 Å². The average Bonchev–Trinajstić information content (AvgIpc) is 3.02. The molecule has 1 aliphatic heterocycles. The van der Waals surface area contributed by atoms with Gasteiger partial charge < -0.3 is 14.8 Å². The number of aryl methyl sites for hydroxylation is 1. The summed E-state index contributed by atoms with van der Waals surface area (Å²) >= 11 is 3.17. The van der Waals surface area contributed by atoms with Gasteiger partial charge in [-0.05, 0) is 37.1 Å². The topological polar surface area (TPSA) is 73.3 Å². The zero-order chi connectivity index (χ0) is 16.9. The standard InChI is InChI=1S/C16H19N3O3S2/c1-10-18-19-16(24-10)23-6-5-17-15(20)12-7-11-8-13(21-2)3-4-14(11)22-9-12/h3-4,8,12H,5-7,9H2,1-2H3,(H,17,20)/t12-/m1/s1. The molecule has 0 bridgehead atoms. The Bertz CT molecular complexity index is 720. The number of amides is 1. The number of thioether (sulfide) groups is 1. The first-order valence-electron chi connectivity index (χ1n) is 7.66. The van der Waals surface area contributed by atoms with Crippen molar-refractivity contribution in [1.29, 1.82) is 0 Å². The number of rotatable bonds is 6. The molecule has 2 heterocycles. The lowest BCUT2D eigenvalue weighted by Crippen LogP contribution is -2.38. The number of fused-ring (bicyclic) bond motifs is 1. The maximum atomic E-state index is 12.3. The predicted molar refractivity (Wildman–Crippen MR) is 94.1 cm³/mol. The van der Waals surface area contributed by atoms with E-state index in [1.165, 1.54) is 0 Å². The number of carbonyl (C=O) groups excluding carboxylic acids is 1. The summed E-state index contributed by atoms with van der Waals surface area (Å²) in [5.41, 5.74) is 1.01. The van der Waals surface area contributed by atoms with Crippen LogP contribution >= 0.6 is 23.1 Å². The van der Waals surface area contributed by atoms with Gasteiger partial charge >= 0.3 is 0 Å². The Balaban J connectivity index is 1.47. The summed E-state index contributed by atoms with van der Waals surface area (Å²) < 4.78 is 11.9. The van der Waals surface area contributed by atoms with Crippen LogP contribution in [0.3, 0.4) is 0 Å². The Morgan fingerprint density at radius 2 is 2.38 bits per heavy atom. The molecule has 1 N–H and O–H groups in total. The van der Waals surface area contributed by atoms with Gasteiger partial charge in [0.25, 0.3) is 0 Å². The molecule has 1 aromatic carbocycles. The van der Waals surface area contributed by atoms with Gasteiger partial charge in [0.05, 0.1) is 13.0 Å². The van der Waals surface area contributed by atoms with E-state index in [2.05, 4.69) is 15.5 Å². The lowest BCUT2D eigenvalue weighted by Gasteiger charge is -2.25. The average molecular weight is 365 g/mol. The molecule has 128 valence electrons. The van der Waals surface area contributed by atoms with Crippen molar-refractivity contribution in [1.82, 2.24) is 15.5 Å². The Labute approximate surface area is 149 Å². The fourth-order valence-electron chi connectivity index (χ4n) is 2.46. The van der Waals surface area contributed by atoms with Crippen LogP contribution in [0.2, 0.25) is 0 Å². The molecule has 0 aliphatic carbocycles. The number of hydrogen-bond acceptors (Lipinski definition) is 7. The number of ether oxygens (including phenoxy) is 2. The van der Waals surface area contributed by atoms with Gasteiger partial charge in [0.2, 0.25) is 5.91 Å². The molecule has 6 nitrogen and oxygen atoms in total. The van der Waals surface area contributed by atoms with Crippen LogP contribution in [0, 0.1) is 12.8 Å². The molecule has 0 spiro atoms. The van der Waals surface area contributed by atoms with Gasteiger partial charge in [0.1, 0.15) is 23.1 Å². The third kappa shape index (κ3) is 4.18. The van der Waals surface area contributed by atoms with Gasteiger partial charge in [-0.25, -0.2) is 0 Å². The Hall–Kier alpha value is -1.80. The van der Waals surface area contributed by atoms with Gasteiger partial charge in [-0.1, -0.05) is 23.1 Å². The Morgan fingerprint density at radius 1 is 1.50 bits per heavy atom. The highest BCUT2D eigenvalue weighted by molar-refractivity contribution is 8.01. The Kier molecular flexibility index (Phi) is 5.57. The van der Waals surface area contributed by atoms with Crippen molar-refractivity contribution in [2.45, 2.75) is 17.7 Å². The fourth-order valence-corrected chi connectivity index (χ4v) is 4.20. The zero-order valence-electron chi connectivity index (χ0n) is 13.6. The summed E-state index contributed by atoms with van der Waals surface area (Å²) in [6.07, 6.45) is 0.668. The summed E-state index contributed by atoms with van der Waals surface area (Å²) in [5.74, 6) is 2.25. The van der Waals surface area contributed by atoms with E-state index in [0.717, 1.165) is 32.2 Å². The highest BCUT2D eigenvalue weighted by atomic mass is 32.2. The maximum Gasteiger partial charge on any atom is 0.226 e. The molecule has 1 amide bonds. The second-order valence-electron chi connectivity index (χ2n) is 5.41. The monoisotopic (exact) mass is 365 g/mol. The van der Waals surface area contributed by atoms with Crippen molar-refractivity contribution in [2.75, 3.05) is 26.0 Å². The van der Waals surface area contributed by atoms with E-state index in [9.17, 15) is 4.79 Å². The molecule has 1 aromatic heterocycles. The second kappa shape index (κ2) is 7.85. The molecule has 0 saturated heterocycles. The van der Waals surface area contributed by atoms with Crippen LogP contribution in [0.25, 0.3) is 0 Å². The van der Waals surface area contributed by atoms with Gasteiger partial charge in [-0.3, -0.25) is 4.79 Å². The first kappa shape index (κ1) is 17.0. The van der Waals surface area contributed by atoms with E-state index in [-0.39, 0.29) is 11.8 Å². The molecule has 0 saturated carbocycles. The minimum absolute atomic E-state index is 0.0255. The molecule has 24 heavy (non-hydrogen) atoms. The number of methoxy groups -OCH3 is 1. The zero-order valence-corrected chi connectivity index (χ0v) is 15.2. The molecule has 0 fully saturated rings. The molecule has 0 unspecified atom stereocenters. The number of aromatic nitrogens is 2. The maximum absolute atomic E-state index is 12.3. The highest BCUT2D eigenvalue weighted by Gasteiger charge is 2.26. The van der Waals surface area contributed by atoms with Gasteiger partial charge in [-0.15, -0.1) is 10.2 Å².